The molecular formula is C13H12FN5. The number of hydrogen-bond acceptors (Lipinski definition) is 4. The van der Waals surface area contributed by atoms with Gasteiger partial charge in [0.2, 0.25) is 5.95 Å². The number of fused-ring (bicyclic) bond motifs is 1. The Hall–Kier alpha value is -2.50. The Bertz CT molecular complexity index is 717. The lowest BCUT2D eigenvalue weighted by Gasteiger charge is -2.11. The van der Waals surface area contributed by atoms with Gasteiger partial charge < -0.3 is 4.90 Å². The standard InChI is InChI=1S/C13H12FN5/c1-18(2)9-3-4-10(15-7-9)11-8-19-13(16-11)6-5-12(14)17-19/h3-8H,1-2H3. The van der Waals surface area contributed by atoms with Crippen molar-refractivity contribution in [3.63, 3.8) is 0 Å². The van der Waals surface area contributed by atoms with Crippen LogP contribution in [0.1, 0.15) is 0 Å². The molecule has 5 nitrogen and oxygen atoms in total. The highest BCUT2D eigenvalue weighted by Gasteiger charge is 2.07. The normalized spacial score (nSPS) is 10.9. The second kappa shape index (κ2) is 4.31. The lowest BCUT2D eigenvalue weighted by atomic mass is 10.3. The van der Waals surface area contributed by atoms with E-state index in [-0.39, 0.29) is 0 Å². The zero-order valence-electron chi connectivity index (χ0n) is 10.6. The van der Waals surface area contributed by atoms with Crippen molar-refractivity contribution in [2.75, 3.05) is 19.0 Å². The number of nitrogens with zero attached hydrogens (tertiary/aromatic N) is 5. The molecule has 0 N–H and O–H groups in total. The van der Waals surface area contributed by atoms with Crippen LogP contribution >= 0.6 is 0 Å². The highest BCUT2D eigenvalue weighted by atomic mass is 19.1. The lowest BCUT2D eigenvalue weighted by molar-refractivity contribution is 0.555. The van der Waals surface area contributed by atoms with E-state index < -0.39 is 5.95 Å². The van der Waals surface area contributed by atoms with Gasteiger partial charge in [0.1, 0.15) is 5.69 Å². The zero-order valence-corrected chi connectivity index (χ0v) is 10.6. The summed E-state index contributed by atoms with van der Waals surface area (Å²) in [5, 5.41) is 3.72. The molecule has 0 bridgehead atoms. The van der Waals surface area contributed by atoms with Crippen molar-refractivity contribution in [2.24, 2.45) is 0 Å². The number of hydrogen-bond donors (Lipinski definition) is 0. The quantitative estimate of drug-likeness (QED) is 0.704. The zero-order chi connectivity index (χ0) is 13.4. The average Bonchev–Trinajstić information content (AvgIpc) is 2.81. The second-order valence-electron chi connectivity index (χ2n) is 4.38. The molecule has 0 spiro atoms. The van der Waals surface area contributed by atoms with E-state index in [1.165, 1.54) is 10.6 Å². The molecule has 3 heterocycles. The van der Waals surface area contributed by atoms with Crippen LogP contribution < -0.4 is 4.90 Å². The molecule has 0 aliphatic rings. The Morgan fingerprint density at radius 1 is 1.11 bits per heavy atom. The molecule has 0 atom stereocenters. The van der Waals surface area contributed by atoms with Crippen LogP contribution in [0.15, 0.2) is 36.7 Å². The van der Waals surface area contributed by atoms with Gasteiger partial charge in [-0.1, -0.05) is 0 Å². The molecule has 0 amide bonds. The largest absolute Gasteiger partial charge is 0.376 e. The monoisotopic (exact) mass is 257 g/mol. The molecule has 19 heavy (non-hydrogen) atoms. The molecule has 96 valence electrons. The first kappa shape index (κ1) is 11.6. The fourth-order valence-electron chi connectivity index (χ4n) is 1.78. The summed E-state index contributed by atoms with van der Waals surface area (Å²) in [6.07, 6.45) is 3.43. The van der Waals surface area contributed by atoms with E-state index in [2.05, 4.69) is 15.1 Å². The SMILES string of the molecule is CN(C)c1ccc(-c2cn3nc(F)ccc3n2)nc1. The molecule has 0 aliphatic heterocycles. The van der Waals surface area contributed by atoms with E-state index in [9.17, 15) is 4.39 Å². The molecule has 0 saturated heterocycles. The maximum absolute atomic E-state index is 13.0. The van der Waals surface area contributed by atoms with Crippen LogP contribution in [0.4, 0.5) is 10.1 Å². The first-order valence-corrected chi connectivity index (χ1v) is 5.79. The van der Waals surface area contributed by atoms with E-state index in [1.807, 2.05) is 31.1 Å². The van der Waals surface area contributed by atoms with E-state index in [0.717, 1.165) is 11.4 Å². The van der Waals surface area contributed by atoms with Gasteiger partial charge in [0.25, 0.3) is 0 Å². The van der Waals surface area contributed by atoms with Gasteiger partial charge >= 0.3 is 0 Å². The Balaban J connectivity index is 2.03. The third-order valence-corrected chi connectivity index (χ3v) is 2.81. The number of pyridine rings is 1. The van der Waals surface area contributed by atoms with Gasteiger partial charge in [0, 0.05) is 14.1 Å². The van der Waals surface area contributed by atoms with Gasteiger partial charge in [-0.2, -0.15) is 4.39 Å². The molecule has 0 unspecified atom stereocenters. The topological polar surface area (TPSA) is 46.3 Å². The van der Waals surface area contributed by atoms with Crippen molar-refractivity contribution < 1.29 is 4.39 Å². The number of imidazole rings is 1. The minimum Gasteiger partial charge on any atom is -0.376 e. The van der Waals surface area contributed by atoms with E-state index >= 15 is 0 Å². The van der Waals surface area contributed by atoms with Crippen molar-refractivity contribution in [2.45, 2.75) is 0 Å². The van der Waals surface area contributed by atoms with Gasteiger partial charge in [-0.15, -0.1) is 5.10 Å². The van der Waals surface area contributed by atoms with Crippen LogP contribution in [0.2, 0.25) is 0 Å². The van der Waals surface area contributed by atoms with Crippen molar-refractivity contribution in [1.29, 1.82) is 0 Å². The summed E-state index contributed by atoms with van der Waals surface area (Å²) in [6.45, 7) is 0. The highest BCUT2D eigenvalue weighted by Crippen LogP contribution is 2.19. The first-order valence-electron chi connectivity index (χ1n) is 5.79. The van der Waals surface area contributed by atoms with Crippen LogP contribution in [-0.4, -0.2) is 33.7 Å². The Kier molecular flexibility index (Phi) is 2.63. The van der Waals surface area contributed by atoms with Gasteiger partial charge in [0.05, 0.1) is 23.8 Å². The summed E-state index contributed by atoms with van der Waals surface area (Å²) in [4.78, 5) is 10.7. The second-order valence-corrected chi connectivity index (χ2v) is 4.38. The molecule has 6 heteroatoms. The maximum atomic E-state index is 13.0. The van der Waals surface area contributed by atoms with Crippen molar-refractivity contribution in [3.05, 3.63) is 42.6 Å². The number of rotatable bonds is 2. The van der Waals surface area contributed by atoms with Gasteiger partial charge in [0.15, 0.2) is 5.65 Å². The number of aromatic nitrogens is 4. The number of anilines is 1. The summed E-state index contributed by atoms with van der Waals surface area (Å²) in [6, 6.07) is 6.71. The molecule has 0 aromatic carbocycles. The van der Waals surface area contributed by atoms with Crippen LogP contribution in [0, 0.1) is 5.95 Å². The van der Waals surface area contributed by atoms with Crippen molar-refractivity contribution >= 4 is 11.3 Å². The smallest absolute Gasteiger partial charge is 0.231 e. The highest BCUT2D eigenvalue weighted by molar-refractivity contribution is 5.60. The summed E-state index contributed by atoms with van der Waals surface area (Å²) in [5.74, 6) is -0.535. The Morgan fingerprint density at radius 2 is 1.95 bits per heavy atom. The molecule has 0 aliphatic carbocycles. The van der Waals surface area contributed by atoms with E-state index in [1.54, 1.807) is 18.5 Å². The van der Waals surface area contributed by atoms with Gasteiger partial charge in [-0.25, -0.2) is 9.50 Å². The summed E-state index contributed by atoms with van der Waals surface area (Å²) in [5.41, 5.74) is 3.01. The van der Waals surface area contributed by atoms with Crippen molar-refractivity contribution in [1.82, 2.24) is 19.6 Å². The van der Waals surface area contributed by atoms with E-state index in [4.69, 9.17) is 0 Å². The van der Waals surface area contributed by atoms with Crippen molar-refractivity contribution in [3.8, 4) is 11.4 Å². The summed E-state index contributed by atoms with van der Waals surface area (Å²) >= 11 is 0. The minimum absolute atomic E-state index is 0.535. The maximum Gasteiger partial charge on any atom is 0.231 e. The van der Waals surface area contributed by atoms with E-state index in [0.29, 0.717) is 11.3 Å². The lowest BCUT2D eigenvalue weighted by Crippen LogP contribution is -2.08. The molecule has 0 fully saturated rings. The first-order chi connectivity index (χ1) is 9.13. The third kappa shape index (κ3) is 2.12. The molecular weight excluding hydrogens is 245 g/mol. The molecule has 0 radical (unpaired) electrons. The van der Waals surface area contributed by atoms with Crippen LogP contribution in [0.5, 0.6) is 0 Å². The predicted octanol–water partition coefficient (Wildman–Crippen LogP) is 2.00. The van der Waals surface area contributed by atoms with Crippen LogP contribution in [0.25, 0.3) is 17.0 Å². The molecule has 3 rings (SSSR count). The summed E-state index contributed by atoms with van der Waals surface area (Å²) < 4.78 is 14.4. The summed E-state index contributed by atoms with van der Waals surface area (Å²) in [7, 11) is 3.91. The molecule has 0 saturated carbocycles. The van der Waals surface area contributed by atoms with Crippen LogP contribution in [0.3, 0.4) is 0 Å². The number of halogens is 1. The molecule has 3 aromatic rings. The third-order valence-electron chi connectivity index (χ3n) is 2.81. The predicted molar refractivity (Wildman–Crippen MR) is 70.5 cm³/mol. The van der Waals surface area contributed by atoms with Gasteiger partial charge in [-0.05, 0) is 24.3 Å². The fourth-order valence-corrected chi connectivity index (χ4v) is 1.78. The molecule has 3 aromatic heterocycles. The fraction of sp³-hybridized carbons (Fsp3) is 0.154. The van der Waals surface area contributed by atoms with Crippen LogP contribution in [-0.2, 0) is 0 Å². The minimum atomic E-state index is -0.535. The van der Waals surface area contributed by atoms with Gasteiger partial charge in [-0.3, -0.25) is 4.98 Å². The average molecular weight is 257 g/mol. The Morgan fingerprint density at radius 3 is 2.63 bits per heavy atom. The Labute approximate surface area is 109 Å².